The van der Waals surface area contributed by atoms with Crippen molar-refractivity contribution in [1.82, 2.24) is 10.3 Å². The van der Waals surface area contributed by atoms with E-state index in [1.54, 1.807) is 0 Å². The lowest BCUT2D eigenvalue weighted by Gasteiger charge is -2.18. The fourth-order valence-corrected chi connectivity index (χ4v) is 2.62. The summed E-state index contributed by atoms with van der Waals surface area (Å²) in [6.45, 7) is 1.60. The number of nitrogens with one attached hydrogen (secondary N) is 1. The average molecular weight is 286 g/mol. The topological polar surface area (TPSA) is 80.5 Å². The third kappa shape index (κ3) is 2.84. The van der Waals surface area contributed by atoms with E-state index in [1.807, 2.05) is 30.3 Å². The molecule has 110 valence electrons. The van der Waals surface area contributed by atoms with E-state index in [4.69, 9.17) is 5.73 Å². The van der Waals surface area contributed by atoms with Crippen LogP contribution in [-0.4, -0.2) is 37.3 Å². The number of nitrogens with zero attached hydrogens (tertiary/aromatic N) is 2. The molecule has 1 amide bonds. The fraction of sp³-hybridized carbons (Fsp3) is 0.333. The SMILES string of the molecule is COC(=O)NC1CCN(c2ccc3cc(N)ccc3n2)C1. The second kappa shape index (κ2) is 5.47. The quantitative estimate of drug-likeness (QED) is 0.822. The highest BCUT2D eigenvalue weighted by molar-refractivity contribution is 5.83. The summed E-state index contributed by atoms with van der Waals surface area (Å²) in [5.41, 5.74) is 7.43. The van der Waals surface area contributed by atoms with Crippen molar-refractivity contribution in [2.75, 3.05) is 30.8 Å². The Morgan fingerprint density at radius 3 is 3.10 bits per heavy atom. The summed E-state index contributed by atoms with van der Waals surface area (Å²) < 4.78 is 4.63. The van der Waals surface area contributed by atoms with E-state index in [9.17, 15) is 4.79 Å². The summed E-state index contributed by atoms with van der Waals surface area (Å²) in [5, 5.41) is 3.86. The molecular formula is C15H18N4O2. The summed E-state index contributed by atoms with van der Waals surface area (Å²) in [5.74, 6) is 0.918. The van der Waals surface area contributed by atoms with E-state index >= 15 is 0 Å². The summed E-state index contributed by atoms with van der Waals surface area (Å²) in [4.78, 5) is 18.1. The normalized spacial score (nSPS) is 18.0. The molecule has 6 nitrogen and oxygen atoms in total. The van der Waals surface area contributed by atoms with Gasteiger partial charge in [0, 0.05) is 24.2 Å². The van der Waals surface area contributed by atoms with Gasteiger partial charge in [-0.1, -0.05) is 0 Å². The molecule has 1 saturated heterocycles. The zero-order chi connectivity index (χ0) is 14.8. The Bertz CT molecular complexity index is 674. The van der Waals surface area contributed by atoms with Gasteiger partial charge in [0.2, 0.25) is 0 Å². The van der Waals surface area contributed by atoms with Crippen LogP contribution in [0, 0.1) is 0 Å². The number of carbonyl (C=O) groups is 1. The molecule has 0 bridgehead atoms. The molecule has 6 heteroatoms. The number of hydrogen-bond acceptors (Lipinski definition) is 5. The van der Waals surface area contributed by atoms with Crippen molar-refractivity contribution in [3.8, 4) is 0 Å². The number of methoxy groups -OCH3 is 1. The van der Waals surface area contributed by atoms with Crippen LogP contribution in [0.2, 0.25) is 0 Å². The van der Waals surface area contributed by atoms with Gasteiger partial charge in [0.05, 0.1) is 18.7 Å². The van der Waals surface area contributed by atoms with Crippen molar-refractivity contribution >= 4 is 28.5 Å². The van der Waals surface area contributed by atoms with Crippen LogP contribution in [0.15, 0.2) is 30.3 Å². The molecule has 0 spiro atoms. The van der Waals surface area contributed by atoms with Gasteiger partial charge in [0.1, 0.15) is 5.82 Å². The van der Waals surface area contributed by atoms with Gasteiger partial charge in [-0.2, -0.15) is 0 Å². The smallest absolute Gasteiger partial charge is 0.407 e. The number of pyridine rings is 1. The molecule has 3 N–H and O–H groups in total. The Morgan fingerprint density at radius 2 is 2.29 bits per heavy atom. The van der Waals surface area contributed by atoms with Gasteiger partial charge in [0.25, 0.3) is 0 Å². The Morgan fingerprint density at radius 1 is 1.43 bits per heavy atom. The van der Waals surface area contributed by atoms with Crippen molar-refractivity contribution in [3.05, 3.63) is 30.3 Å². The number of ether oxygens (including phenoxy) is 1. The minimum atomic E-state index is -0.385. The number of hydrogen-bond donors (Lipinski definition) is 2. The number of alkyl carbamates (subject to hydrolysis) is 1. The van der Waals surface area contributed by atoms with Crippen LogP contribution in [0.25, 0.3) is 10.9 Å². The van der Waals surface area contributed by atoms with Gasteiger partial charge in [-0.05, 0) is 36.8 Å². The lowest BCUT2D eigenvalue weighted by molar-refractivity contribution is 0.167. The highest BCUT2D eigenvalue weighted by Crippen LogP contribution is 2.23. The third-order valence-corrected chi connectivity index (χ3v) is 3.72. The molecule has 2 aromatic rings. The van der Waals surface area contributed by atoms with Crippen molar-refractivity contribution in [2.45, 2.75) is 12.5 Å². The molecule has 1 aliphatic rings. The number of rotatable bonds is 2. The first-order valence-corrected chi connectivity index (χ1v) is 6.91. The number of carbonyl (C=O) groups excluding carboxylic acids is 1. The summed E-state index contributed by atoms with van der Waals surface area (Å²) in [7, 11) is 1.37. The minimum Gasteiger partial charge on any atom is -0.453 e. The second-order valence-electron chi connectivity index (χ2n) is 5.19. The fourth-order valence-electron chi connectivity index (χ4n) is 2.62. The number of nitrogen functional groups attached to an aromatic ring is 1. The Balaban J connectivity index is 1.76. The first-order valence-electron chi connectivity index (χ1n) is 6.91. The van der Waals surface area contributed by atoms with E-state index in [1.165, 1.54) is 7.11 Å². The van der Waals surface area contributed by atoms with Crippen molar-refractivity contribution in [1.29, 1.82) is 0 Å². The maximum atomic E-state index is 11.2. The number of fused-ring (bicyclic) bond motifs is 1. The molecule has 3 rings (SSSR count). The highest BCUT2D eigenvalue weighted by atomic mass is 16.5. The van der Waals surface area contributed by atoms with E-state index in [-0.39, 0.29) is 12.1 Å². The van der Waals surface area contributed by atoms with Gasteiger partial charge in [0.15, 0.2) is 0 Å². The van der Waals surface area contributed by atoms with Crippen LogP contribution >= 0.6 is 0 Å². The zero-order valence-corrected chi connectivity index (χ0v) is 11.9. The molecule has 1 aliphatic heterocycles. The van der Waals surface area contributed by atoms with Crippen LogP contribution in [0.5, 0.6) is 0 Å². The highest BCUT2D eigenvalue weighted by Gasteiger charge is 2.25. The molecule has 2 heterocycles. The zero-order valence-electron chi connectivity index (χ0n) is 11.9. The number of benzene rings is 1. The molecule has 1 aromatic carbocycles. The monoisotopic (exact) mass is 286 g/mol. The largest absolute Gasteiger partial charge is 0.453 e. The number of nitrogens with two attached hydrogens (primary N) is 1. The summed E-state index contributed by atoms with van der Waals surface area (Å²) in [6.07, 6.45) is 0.500. The molecule has 1 unspecified atom stereocenters. The average Bonchev–Trinajstić information content (AvgIpc) is 2.95. The second-order valence-corrected chi connectivity index (χ2v) is 5.19. The van der Waals surface area contributed by atoms with Crippen molar-refractivity contribution in [3.63, 3.8) is 0 Å². The van der Waals surface area contributed by atoms with Crippen molar-refractivity contribution in [2.24, 2.45) is 0 Å². The number of anilines is 2. The van der Waals surface area contributed by atoms with E-state index in [2.05, 4.69) is 19.9 Å². The minimum absolute atomic E-state index is 0.0985. The summed E-state index contributed by atoms with van der Waals surface area (Å²) in [6, 6.07) is 9.80. The molecule has 0 radical (unpaired) electrons. The van der Waals surface area contributed by atoms with E-state index in [0.29, 0.717) is 0 Å². The number of aromatic nitrogens is 1. The molecule has 0 saturated carbocycles. The predicted octanol–water partition coefficient (Wildman–Crippen LogP) is 1.75. The van der Waals surface area contributed by atoms with Crippen LogP contribution in [0.1, 0.15) is 6.42 Å². The van der Waals surface area contributed by atoms with Gasteiger partial charge in [-0.15, -0.1) is 0 Å². The van der Waals surface area contributed by atoms with Gasteiger partial charge >= 0.3 is 6.09 Å². The maximum absolute atomic E-state index is 11.2. The number of amides is 1. The molecule has 1 aromatic heterocycles. The van der Waals surface area contributed by atoms with Crippen LogP contribution in [0.3, 0.4) is 0 Å². The molecule has 1 atom stereocenters. The Kier molecular flexibility index (Phi) is 3.51. The van der Waals surface area contributed by atoms with Gasteiger partial charge in [-0.3, -0.25) is 0 Å². The van der Waals surface area contributed by atoms with Crippen molar-refractivity contribution < 1.29 is 9.53 Å². The third-order valence-electron chi connectivity index (χ3n) is 3.72. The lowest BCUT2D eigenvalue weighted by Crippen LogP contribution is -2.37. The molecule has 21 heavy (non-hydrogen) atoms. The Labute approximate surface area is 122 Å². The standard InChI is InChI=1S/C15H18N4O2/c1-21-15(20)17-12-6-7-19(9-12)14-5-2-10-8-11(16)3-4-13(10)18-14/h2-5,8,12H,6-7,9,16H2,1H3,(H,17,20). The lowest BCUT2D eigenvalue weighted by atomic mass is 10.2. The van der Waals surface area contributed by atoms with Crippen LogP contribution < -0.4 is 16.0 Å². The van der Waals surface area contributed by atoms with E-state index < -0.39 is 0 Å². The van der Waals surface area contributed by atoms with E-state index in [0.717, 1.165) is 41.9 Å². The van der Waals surface area contributed by atoms with Gasteiger partial charge in [-0.25, -0.2) is 9.78 Å². The predicted molar refractivity (Wildman–Crippen MR) is 82.3 cm³/mol. The van der Waals surface area contributed by atoms with Gasteiger partial charge < -0.3 is 20.7 Å². The Hall–Kier alpha value is -2.50. The molecule has 0 aliphatic carbocycles. The maximum Gasteiger partial charge on any atom is 0.407 e. The first-order chi connectivity index (χ1) is 10.2. The van der Waals surface area contributed by atoms with Crippen LogP contribution in [-0.2, 0) is 4.74 Å². The molecule has 1 fully saturated rings. The molecular weight excluding hydrogens is 268 g/mol. The van der Waals surface area contributed by atoms with Crippen LogP contribution in [0.4, 0.5) is 16.3 Å². The summed E-state index contributed by atoms with van der Waals surface area (Å²) >= 11 is 0. The first kappa shape index (κ1) is 13.5.